The highest BCUT2D eigenvalue weighted by Crippen LogP contribution is 2.10. The summed E-state index contributed by atoms with van der Waals surface area (Å²) in [6.07, 6.45) is 0.884. The smallest absolute Gasteiger partial charge is 0.234 e. The van der Waals surface area contributed by atoms with Crippen molar-refractivity contribution in [3.63, 3.8) is 0 Å². The Balaban J connectivity index is 2.24. The van der Waals surface area contributed by atoms with Crippen molar-refractivity contribution >= 4 is 5.91 Å². The number of nitrogens with one attached hydrogen (secondary N) is 1. The molecule has 0 aromatic carbocycles. The van der Waals surface area contributed by atoms with Crippen molar-refractivity contribution in [3.05, 3.63) is 0 Å². The number of hydrogen-bond donors (Lipinski definition) is 2. The third kappa shape index (κ3) is 5.30. The first-order valence-electron chi connectivity index (χ1n) is 6.48. The molecule has 1 heterocycles. The molecule has 3 N–H and O–H groups in total. The minimum atomic E-state index is 0.0440. The Kier molecular flexibility index (Phi) is 7.19. The molecule has 1 saturated heterocycles. The van der Waals surface area contributed by atoms with Crippen LogP contribution in [-0.2, 0) is 14.3 Å². The van der Waals surface area contributed by atoms with Gasteiger partial charge in [0.25, 0.3) is 0 Å². The molecule has 1 fully saturated rings. The standard InChI is InChI=1S/C12H25N3O3/c1-10-9-18-11(6-13)7-15(10)8-12(16)14-4-3-5-17-2/h10-11H,3-9,13H2,1-2H3,(H,14,16). The molecular formula is C12H25N3O3. The Bertz CT molecular complexity index is 251. The van der Waals surface area contributed by atoms with Crippen LogP contribution in [0.2, 0.25) is 0 Å². The normalized spacial score (nSPS) is 25.1. The fourth-order valence-corrected chi connectivity index (χ4v) is 1.92. The van der Waals surface area contributed by atoms with Crippen LogP contribution in [0.25, 0.3) is 0 Å². The van der Waals surface area contributed by atoms with E-state index in [-0.39, 0.29) is 18.1 Å². The number of nitrogens with zero attached hydrogens (tertiary/aromatic N) is 1. The lowest BCUT2D eigenvalue weighted by molar-refractivity contribution is -0.126. The van der Waals surface area contributed by atoms with Gasteiger partial charge in [-0.25, -0.2) is 0 Å². The van der Waals surface area contributed by atoms with Crippen molar-refractivity contribution in [3.8, 4) is 0 Å². The zero-order valence-electron chi connectivity index (χ0n) is 11.4. The summed E-state index contributed by atoms with van der Waals surface area (Å²) in [5, 5.41) is 2.89. The monoisotopic (exact) mass is 259 g/mol. The Labute approximate surface area is 109 Å². The number of carbonyl (C=O) groups excluding carboxylic acids is 1. The first kappa shape index (κ1) is 15.4. The number of ether oxygens (including phenoxy) is 2. The third-order valence-electron chi connectivity index (χ3n) is 3.09. The summed E-state index contributed by atoms with van der Waals surface area (Å²) < 4.78 is 10.5. The van der Waals surface area contributed by atoms with E-state index in [4.69, 9.17) is 15.2 Å². The highest BCUT2D eigenvalue weighted by Gasteiger charge is 2.26. The Morgan fingerprint density at radius 2 is 2.39 bits per heavy atom. The van der Waals surface area contributed by atoms with E-state index < -0.39 is 0 Å². The van der Waals surface area contributed by atoms with Gasteiger partial charge in [0.2, 0.25) is 5.91 Å². The average Bonchev–Trinajstić information content (AvgIpc) is 2.37. The fourth-order valence-electron chi connectivity index (χ4n) is 1.92. The summed E-state index contributed by atoms with van der Waals surface area (Å²) in [5.41, 5.74) is 5.59. The van der Waals surface area contributed by atoms with Gasteiger partial charge in [0.15, 0.2) is 0 Å². The lowest BCUT2D eigenvalue weighted by atomic mass is 10.2. The molecule has 0 radical (unpaired) electrons. The molecule has 1 aliphatic heterocycles. The molecule has 0 spiro atoms. The van der Waals surface area contributed by atoms with Crippen molar-refractivity contribution in [1.29, 1.82) is 0 Å². The molecule has 106 valence electrons. The third-order valence-corrected chi connectivity index (χ3v) is 3.09. The maximum absolute atomic E-state index is 11.7. The number of rotatable bonds is 7. The molecule has 6 nitrogen and oxygen atoms in total. The van der Waals surface area contributed by atoms with Crippen LogP contribution in [0.4, 0.5) is 0 Å². The zero-order valence-corrected chi connectivity index (χ0v) is 11.4. The van der Waals surface area contributed by atoms with Gasteiger partial charge in [-0.2, -0.15) is 0 Å². The summed E-state index contributed by atoms with van der Waals surface area (Å²) in [4.78, 5) is 13.9. The van der Waals surface area contributed by atoms with Gasteiger partial charge >= 0.3 is 0 Å². The lowest BCUT2D eigenvalue weighted by Gasteiger charge is -2.37. The van der Waals surface area contributed by atoms with Crippen LogP contribution in [0.1, 0.15) is 13.3 Å². The number of amides is 1. The van der Waals surface area contributed by atoms with Crippen LogP contribution in [0.5, 0.6) is 0 Å². The van der Waals surface area contributed by atoms with E-state index in [2.05, 4.69) is 17.1 Å². The van der Waals surface area contributed by atoms with Crippen LogP contribution < -0.4 is 11.1 Å². The second kappa shape index (κ2) is 8.42. The quantitative estimate of drug-likeness (QED) is 0.585. The predicted molar refractivity (Wildman–Crippen MR) is 69.3 cm³/mol. The SMILES string of the molecule is COCCCNC(=O)CN1CC(CN)OCC1C. The molecule has 18 heavy (non-hydrogen) atoms. The van der Waals surface area contributed by atoms with Crippen LogP contribution in [-0.4, -0.2) is 69.5 Å². The largest absolute Gasteiger partial charge is 0.385 e. The van der Waals surface area contributed by atoms with E-state index in [0.717, 1.165) is 13.0 Å². The maximum Gasteiger partial charge on any atom is 0.234 e. The molecular weight excluding hydrogens is 234 g/mol. The molecule has 1 aliphatic rings. The lowest BCUT2D eigenvalue weighted by Crippen LogP contribution is -2.53. The predicted octanol–water partition coefficient (Wildman–Crippen LogP) is -0.813. The number of morpholine rings is 1. The van der Waals surface area contributed by atoms with Crippen molar-refractivity contribution in [2.75, 3.05) is 46.5 Å². The molecule has 0 aromatic rings. The van der Waals surface area contributed by atoms with Gasteiger partial charge < -0.3 is 20.5 Å². The van der Waals surface area contributed by atoms with E-state index in [1.54, 1.807) is 7.11 Å². The minimum absolute atomic E-state index is 0.0440. The summed E-state index contributed by atoms with van der Waals surface area (Å²) in [6, 6.07) is 0.262. The minimum Gasteiger partial charge on any atom is -0.385 e. The number of hydrogen-bond acceptors (Lipinski definition) is 5. The Morgan fingerprint density at radius 1 is 1.61 bits per heavy atom. The van der Waals surface area contributed by atoms with Gasteiger partial charge in [0.05, 0.1) is 19.3 Å². The highest BCUT2D eigenvalue weighted by molar-refractivity contribution is 5.78. The molecule has 1 rings (SSSR count). The molecule has 2 unspecified atom stereocenters. The molecule has 0 bridgehead atoms. The van der Waals surface area contributed by atoms with E-state index >= 15 is 0 Å². The summed E-state index contributed by atoms with van der Waals surface area (Å²) >= 11 is 0. The first-order chi connectivity index (χ1) is 8.67. The second-order valence-electron chi connectivity index (χ2n) is 4.67. The first-order valence-corrected chi connectivity index (χ1v) is 6.48. The highest BCUT2D eigenvalue weighted by atomic mass is 16.5. The van der Waals surface area contributed by atoms with Gasteiger partial charge in [0, 0.05) is 39.4 Å². The van der Waals surface area contributed by atoms with E-state index in [1.165, 1.54) is 0 Å². The van der Waals surface area contributed by atoms with Gasteiger partial charge in [-0.1, -0.05) is 0 Å². The average molecular weight is 259 g/mol. The fraction of sp³-hybridized carbons (Fsp3) is 0.917. The van der Waals surface area contributed by atoms with Crippen molar-refractivity contribution < 1.29 is 14.3 Å². The number of methoxy groups -OCH3 is 1. The molecule has 0 aromatic heterocycles. The summed E-state index contributed by atoms with van der Waals surface area (Å²) in [5.74, 6) is 0.0515. The summed E-state index contributed by atoms with van der Waals surface area (Å²) in [7, 11) is 1.66. The van der Waals surface area contributed by atoms with E-state index in [1.807, 2.05) is 0 Å². The molecule has 0 aliphatic carbocycles. The van der Waals surface area contributed by atoms with Gasteiger partial charge in [-0.3, -0.25) is 9.69 Å². The van der Waals surface area contributed by atoms with Crippen LogP contribution in [0, 0.1) is 0 Å². The van der Waals surface area contributed by atoms with Crippen LogP contribution >= 0.6 is 0 Å². The van der Waals surface area contributed by atoms with Crippen molar-refractivity contribution in [1.82, 2.24) is 10.2 Å². The van der Waals surface area contributed by atoms with Gasteiger partial charge in [-0.15, -0.1) is 0 Å². The van der Waals surface area contributed by atoms with Gasteiger partial charge in [0.1, 0.15) is 0 Å². The molecule has 1 amide bonds. The van der Waals surface area contributed by atoms with Crippen molar-refractivity contribution in [2.45, 2.75) is 25.5 Å². The van der Waals surface area contributed by atoms with E-state index in [0.29, 0.717) is 32.8 Å². The summed E-state index contributed by atoms with van der Waals surface area (Å²) in [6.45, 7) is 5.66. The van der Waals surface area contributed by atoms with Crippen molar-refractivity contribution in [2.24, 2.45) is 5.73 Å². The molecule has 2 atom stereocenters. The van der Waals surface area contributed by atoms with Crippen LogP contribution in [0.15, 0.2) is 0 Å². The van der Waals surface area contributed by atoms with Crippen LogP contribution in [0.3, 0.4) is 0 Å². The Hall–Kier alpha value is -0.690. The zero-order chi connectivity index (χ0) is 13.4. The topological polar surface area (TPSA) is 76.8 Å². The van der Waals surface area contributed by atoms with E-state index in [9.17, 15) is 4.79 Å². The maximum atomic E-state index is 11.7. The Morgan fingerprint density at radius 3 is 3.06 bits per heavy atom. The number of carbonyl (C=O) groups is 1. The second-order valence-corrected chi connectivity index (χ2v) is 4.67. The number of nitrogens with two attached hydrogens (primary N) is 1. The molecule has 6 heteroatoms. The molecule has 0 saturated carbocycles. The van der Waals surface area contributed by atoms with Gasteiger partial charge in [-0.05, 0) is 13.3 Å².